The van der Waals surface area contributed by atoms with Crippen LogP contribution in [-0.2, 0) is 9.59 Å². The monoisotopic (exact) mass is 417 g/mol. The van der Waals surface area contributed by atoms with Crippen LogP contribution < -0.4 is 10.6 Å². The Morgan fingerprint density at radius 1 is 1.04 bits per heavy atom. The van der Waals surface area contributed by atoms with Crippen molar-refractivity contribution in [3.8, 4) is 0 Å². The maximum atomic E-state index is 12.4. The van der Waals surface area contributed by atoms with Crippen molar-refractivity contribution in [3.63, 3.8) is 0 Å². The van der Waals surface area contributed by atoms with Gasteiger partial charge in [-0.05, 0) is 63.2 Å². The van der Waals surface area contributed by atoms with Crippen LogP contribution in [0.5, 0.6) is 0 Å². The number of likely N-dealkylation sites (N-methyl/N-ethyl adjacent to an activating group) is 1. The number of hydrogen-bond acceptors (Lipinski definition) is 3. The molecule has 6 heteroatoms. The van der Waals surface area contributed by atoms with Crippen LogP contribution in [0.3, 0.4) is 0 Å². The molecule has 0 bridgehead atoms. The summed E-state index contributed by atoms with van der Waals surface area (Å²) in [7, 11) is 1.76. The summed E-state index contributed by atoms with van der Waals surface area (Å²) in [6, 6.07) is 12.8. The number of para-hydroxylation sites is 1. The molecule has 0 aliphatic heterocycles. The van der Waals surface area contributed by atoms with E-state index in [-0.39, 0.29) is 18.4 Å². The average molecular weight is 418 g/mol. The third-order valence-corrected chi connectivity index (χ3v) is 4.82. The molecule has 2 rings (SSSR count). The highest BCUT2D eigenvalue weighted by Crippen LogP contribution is 2.19. The van der Waals surface area contributed by atoms with Crippen LogP contribution in [-0.4, -0.2) is 36.3 Å². The number of anilines is 2. The second-order valence-electron chi connectivity index (χ2n) is 6.40. The number of carbonyl (C=O) groups is 2. The first-order valence-electron chi connectivity index (χ1n) is 8.40. The van der Waals surface area contributed by atoms with Crippen LogP contribution >= 0.6 is 15.9 Å². The summed E-state index contributed by atoms with van der Waals surface area (Å²) in [5, 5.41) is 5.80. The molecule has 1 unspecified atom stereocenters. The molecule has 1 atom stereocenters. The largest absolute Gasteiger partial charge is 0.325 e. The van der Waals surface area contributed by atoms with Gasteiger partial charge in [0.15, 0.2) is 0 Å². The summed E-state index contributed by atoms with van der Waals surface area (Å²) in [5.41, 5.74) is 3.58. The molecule has 0 fully saturated rings. The minimum Gasteiger partial charge on any atom is -0.325 e. The number of amides is 2. The molecular formula is C20H24BrN3O2. The van der Waals surface area contributed by atoms with Gasteiger partial charge in [-0.3, -0.25) is 14.5 Å². The molecule has 138 valence electrons. The fraction of sp³-hybridized carbons (Fsp3) is 0.300. The van der Waals surface area contributed by atoms with E-state index in [2.05, 4.69) is 26.6 Å². The quantitative estimate of drug-likeness (QED) is 0.747. The smallest absolute Gasteiger partial charge is 0.241 e. The summed E-state index contributed by atoms with van der Waals surface area (Å²) in [6.45, 7) is 5.82. The molecule has 26 heavy (non-hydrogen) atoms. The zero-order valence-corrected chi connectivity index (χ0v) is 17.1. The van der Waals surface area contributed by atoms with Crippen molar-refractivity contribution in [2.24, 2.45) is 0 Å². The summed E-state index contributed by atoms with van der Waals surface area (Å²) >= 11 is 3.36. The lowest BCUT2D eigenvalue weighted by molar-refractivity contribution is -0.122. The van der Waals surface area contributed by atoms with Crippen LogP contribution in [0.4, 0.5) is 11.4 Å². The van der Waals surface area contributed by atoms with Crippen molar-refractivity contribution < 1.29 is 9.59 Å². The minimum absolute atomic E-state index is 0.128. The molecule has 0 aliphatic rings. The minimum atomic E-state index is -0.442. The maximum absolute atomic E-state index is 12.4. The van der Waals surface area contributed by atoms with Crippen molar-refractivity contribution in [1.82, 2.24) is 4.90 Å². The molecule has 2 aromatic rings. The Kier molecular flexibility index (Phi) is 6.94. The summed E-state index contributed by atoms with van der Waals surface area (Å²) in [4.78, 5) is 26.5. The van der Waals surface area contributed by atoms with Gasteiger partial charge in [0, 0.05) is 15.8 Å². The first kappa shape index (κ1) is 20.1. The first-order chi connectivity index (χ1) is 12.3. The molecule has 0 saturated carbocycles. The zero-order chi connectivity index (χ0) is 19.3. The fourth-order valence-electron chi connectivity index (χ4n) is 2.53. The van der Waals surface area contributed by atoms with Crippen molar-refractivity contribution >= 4 is 39.1 Å². The van der Waals surface area contributed by atoms with Crippen molar-refractivity contribution in [3.05, 3.63) is 58.1 Å². The SMILES string of the molecule is Cc1cccc(C)c1NC(=O)CN(C)C(C)C(=O)Nc1ccc(Br)cc1. The number of hydrogen-bond donors (Lipinski definition) is 2. The Bertz CT molecular complexity index is 770. The third-order valence-electron chi connectivity index (χ3n) is 4.29. The number of halogens is 1. The molecule has 2 N–H and O–H groups in total. The molecule has 0 heterocycles. The van der Waals surface area contributed by atoms with Crippen LogP contribution in [0.2, 0.25) is 0 Å². The van der Waals surface area contributed by atoms with Gasteiger partial charge in [-0.2, -0.15) is 0 Å². The summed E-state index contributed by atoms with van der Waals surface area (Å²) in [5.74, 6) is -0.303. The van der Waals surface area contributed by atoms with Gasteiger partial charge in [0.05, 0.1) is 12.6 Å². The molecule has 0 saturated heterocycles. The highest BCUT2D eigenvalue weighted by Gasteiger charge is 2.20. The number of rotatable bonds is 6. The Hall–Kier alpha value is -2.18. The van der Waals surface area contributed by atoms with E-state index in [1.54, 1.807) is 18.9 Å². The zero-order valence-electron chi connectivity index (χ0n) is 15.5. The maximum Gasteiger partial charge on any atom is 0.241 e. The van der Waals surface area contributed by atoms with E-state index in [4.69, 9.17) is 0 Å². The standard InChI is InChI=1S/C20H24BrN3O2/c1-13-6-5-7-14(2)19(13)23-18(25)12-24(4)15(3)20(26)22-17-10-8-16(21)9-11-17/h5-11,15H,12H2,1-4H3,(H,22,26)(H,23,25). The molecule has 5 nitrogen and oxygen atoms in total. The van der Waals surface area contributed by atoms with Gasteiger partial charge < -0.3 is 10.6 Å². The van der Waals surface area contributed by atoms with Crippen molar-refractivity contribution in [2.75, 3.05) is 24.2 Å². The predicted octanol–water partition coefficient (Wildman–Crippen LogP) is 3.96. The lowest BCUT2D eigenvalue weighted by atomic mass is 10.1. The van der Waals surface area contributed by atoms with Gasteiger partial charge in [0.1, 0.15) is 0 Å². The Balaban J connectivity index is 1.93. The number of nitrogens with zero attached hydrogens (tertiary/aromatic N) is 1. The lowest BCUT2D eigenvalue weighted by Gasteiger charge is -2.23. The van der Waals surface area contributed by atoms with Gasteiger partial charge in [-0.25, -0.2) is 0 Å². The molecule has 2 amide bonds. The fourth-order valence-corrected chi connectivity index (χ4v) is 2.80. The van der Waals surface area contributed by atoms with E-state index in [1.807, 2.05) is 56.3 Å². The first-order valence-corrected chi connectivity index (χ1v) is 9.20. The Morgan fingerprint density at radius 2 is 1.62 bits per heavy atom. The van der Waals surface area contributed by atoms with E-state index >= 15 is 0 Å². The number of aryl methyl sites for hydroxylation is 2. The topological polar surface area (TPSA) is 61.4 Å². The number of carbonyl (C=O) groups excluding carboxylic acids is 2. The van der Waals surface area contributed by atoms with Gasteiger partial charge in [0.25, 0.3) is 0 Å². The van der Waals surface area contributed by atoms with Gasteiger partial charge in [0.2, 0.25) is 11.8 Å². The van der Waals surface area contributed by atoms with Gasteiger partial charge in [-0.15, -0.1) is 0 Å². The number of benzene rings is 2. The Labute approximate surface area is 162 Å². The van der Waals surface area contributed by atoms with Crippen LogP contribution in [0.15, 0.2) is 46.9 Å². The van der Waals surface area contributed by atoms with Gasteiger partial charge in [-0.1, -0.05) is 34.1 Å². The second-order valence-corrected chi connectivity index (χ2v) is 7.32. The molecule has 0 spiro atoms. The highest BCUT2D eigenvalue weighted by molar-refractivity contribution is 9.10. The number of nitrogens with one attached hydrogen (secondary N) is 2. The summed E-state index contributed by atoms with van der Waals surface area (Å²) in [6.07, 6.45) is 0. The van der Waals surface area contributed by atoms with Crippen LogP contribution in [0.1, 0.15) is 18.1 Å². The molecule has 0 radical (unpaired) electrons. The van der Waals surface area contributed by atoms with E-state index in [0.717, 1.165) is 27.0 Å². The second kappa shape index (κ2) is 8.96. The van der Waals surface area contributed by atoms with Crippen molar-refractivity contribution in [2.45, 2.75) is 26.8 Å². The summed E-state index contributed by atoms with van der Waals surface area (Å²) < 4.78 is 0.948. The van der Waals surface area contributed by atoms with Crippen LogP contribution in [0, 0.1) is 13.8 Å². The van der Waals surface area contributed by atoms with Crippen LogP contribution in [0.25, 0.3) is 0 Å². The Morgan fingerprint density at radius 3 is 2.19 bits per heavy atom. The molecule has 2 aromatic carbocycles. The lowest BCUT2D eigenvalue weighted by Crippen LogP contribution is -2.43. The van der Waals surface area contributed by atoms with E-state index in [9.17, 15) is 9.59 Å². The average Bonchev–Trinajstić information content (AvgIpc) is 2.59. The normalized spacial score (nSPS) is 11.9. The third kappa shape index (κ3) is 5.41. The van der Waals surface area contributed by atoms with Crippen molar-refractivity contribution in [1.29, 1.82) is 0 Å². The highest BCUT2D eigenvalue weighted by atomic mass is 79.9. The molecular weight excluding hydrogens is 394 g/mol. The predicted molar refractivity (Wildman–Crippen MR) is 109 cm³/mol. The van der Waals surface area contributed by atoms with E-state index in [1.165, 1.54) is 0 Å². The van der Waals surface area contributed by atoms with E-state index < -0.39 is 6.04 Å². The molecule has 0 aliphatic carbocycles. The van der Waals surface area contributed by atoms with E-state index in [0.29, 0.717) is 0 Å². The molecule has 0 aromatic heterocycles. The van der Waals surface area contributed by atoms with Gasteiger partial charge >= 0.3 is 0 Å².